The Hall–Kier alpha value is -5.26. The number of methoxy groups -OCH3 is 1. The van der Waals surface area contributed by atoms with Gasteiger partial charge in [-0.2, -0.15) is 10.2 Å². The average Bonchev–Trinajstić information content (AvgIpc) is 3.76. The van der Waals surface area contributed by atoms with Gasteiger partial charge in [0.2, 0.25) is 17.6 Å². The summed E-state index contributed by atoms with van der Waals surface area (Å²) in [6.45, 7) is 2.55. The van der Waals surface area contributed by atoms with Crippen LogP contribution in [0.2, 0.25) is 10.0 Å². The van der Waals surface area contributed by atoms with Crippen molar-refractivity contribution < 1.29 is 24.1 Å². The molecule has 7 rings (SSSR count). The number of carboxylic acid groups (broad SMARTS) is 1. The number of hydrogen-bond acceptors (Lipinski definition) is 11. The Balaban J connectivity index is 1.15. The minimum Gasteiger partial charge on any atom is -0.480 e. The lowest BCUT2D eigenvalue weighted by molar-refractivity contribution is -0.144. The van der Waals surface area contributed by atoms with Crippen LogP contribution in [0.3, 0.4) is 0 Å². The number of nitriles is 1. The summed E-state index contributed by atoms with van der Waals surface area (Å²) in [4.78, 5) is 32.2. The minimum atomic E-state index is -0.857. The maximum Gasteiger partial charge on any atom is 0.320 e. The van der Waals surface area contributed by atoms with E-state index in [4.69, 9.17) is 47.4 Å². The summed E-state index contributed by atoms with van der Waals surface area (Å²) in [5.74, 6) is 0.861. The number of carbonyl (C=O) groups is 1. The molecule has 0 amide bonds. The third-order valence-electron chi connectivity index (χ3n) is 9.55. The van der Waals surface area contributed by atoms with Crippen LogP contribution in [0.15, 0.2) is 82.5 Å². The molecule has 286 valence electrons. The lowest BCUT2D eigenvalue weighted by Crippen LogP contribution is -2.44. The third-order valence-corrected chi connectivity index (χ3v) is 11.0. The highest BCUT2D eigenvalue weighted by Crippen LogP contribution is 2.41. The molecule has 0 saturated carbocycles. The van der Waals surface area contributed by atoms with Crippen molar-refractivity contribution in [2.24, 2.45) is 4.99 Å². The summed E-state index contributed by atoms with van der Waals surface area (Å²) >= 11 is 17.8. The zero-order valence-corrected chi connectivity index (χ0v) is 33.4. The highest BCUT2D eigenvalue weighted by Gasteiger charge is 2.30. The van der Waals surface area contributed by atoms with Gasteiger partial charge in [-0.3, -0.25) is 19.7 Å². The summed E-state index contributed by atoms with van der Waals surface area (Å²) in [5.41, 5.74) is 6.01. The van der Waals surface area contributed by atoms with E-state index < -0.39 is 12.0 Å². The number of piperidine rings is 1. The molecule has 0 unspecified atom stereocenters. The number of pyridine rings is 3. The molecule has 1 atom stereocenters. The second kappa shape index (κ2) is 17.7. The molecule has 1 fully saturated rings. The molecule has 2 N–H and O–H groups in total. The van der Waals surface area contributed by atoms with Crippen molar-refractivity contribution in [3.8, 4) is 46.1 Å². The fourth-order valence-corrected chi connectivity index (χ4v) is 7.87. The van der Waals surface area contributed by atoms with Gasteiger partial charge in [0.25, 0.3) is 0 Å². The van der Waals surface area contributed by atoms with Crippen LogP contribution >= 0.6 is 39.1 Å². The Labute approximate surface area is 342 Å². The molecule has 0 bridgehead atoms. The first-order valence-corrected chi connectivity index (χ1v) is 19.4. The van der Waals surface area contributed by atoms with Crippen LogP contribution in [0.4, 0.5) is 0 Å². The number of carboxylic acids is 1. The number of aromatic nitrogens is 3. The SMILES string of the molecule is COc1nc(-c2cccc(-c3cccc(COc4nc(OCc5cncc(C#N)c5)c(CN5CCCC[C@H]5C(=O)O)cc4Br)c3Cl)c2Cl)ccc1C1=NCCN1. The van der Waals surface area contributed by atoms with E-state index in [1.807, 2.05) is 59.5 Å². The number of halogens is 3. The Morgan fingerprint density at radius 1 is 0.946 bits per heavy atom. The molecule has 1 saturated heterocycles. The van der Waals surface area contributed by atoms with Gasteiger partial charge in [0, 0.05) is 58.9 Å². The van der Waals surface area contributed by atoms with Crippen molar-refractivity contribution >= 4 is 50.9 Å². The van der Waals surface area contributed by atoms with Gasteiger partial charge in [0.15, 0.2) is 0 Å². The zero-order valence-electron chi connectivity index (χ0n) is 30.3. The predicted octanol–water partition coefficient (Wildman–Crippen LogP) is 8.10. The maximum atomic E-state index is 12.1. The number of rotatable bonds is 13. The fourth-order valence-electron chi connectivity index (χ4n) is 6.78. The van der Waals surface area contributed by atoms with Gasteiger partial charge in [0.1, 0.15) is 31.2 Å². The topological polar surface area (TPSA) is 155 Å². The van der Waals surface area contributed by atoms with Gasteiger partial charge < -0.3 is 24.6 Å². The van der Waals surface area contributed by atoms with Crippen LogP contribution in [-0.4, -0.2) is 69.5 Å². The monoisotopic (exact) mass is 855 g/mol. The van der Waals surface area contributed by atoms with Crippen molar-refractivity contribution in [1.82, 2.24) is 25.2 Å². The molecule has 3 aromatic heterocycles. The van der Waals surface area contributed by atoms with Crippen LogP contribution < -0.4 is 19.5 Å². The van der Waals surface area contributed by atoms with Crippen molar-refractivity contribution in [3.05, 3.63) is 115 Å². The van der Waals surface area contributed by atoms with Crippen LogP contribution in [0.1, 0.15) is 47.1 Å². The maximum absolute atomic E-state index is 12.1. The molecule has 56 heavy (non-hydrogen) atoms. The van der Waals surface area contributed by atoms with Crippen molar-refractivity contribution in [2.75, 3.05) is 26.7 Å². The van der Waals surface area contributed by atoms with Gasteiger partial charge in [0.05, 0.1) is 45.0 Å². The molecule has 15 heteroatoms. The zero-order chi connectivity index (χ0) is 39.2. The number of benzene rings is 2. The summed E-state index contributed by atoms with van der Waals surface area (Å²) in [7, 11) is 1.58. The lowest BCUT2D eigenvalue weighted by Gasteiger charge is -2.33. The molecular weight excluding hydrogens is 821 g/mol. The molecule has 12 nitrogen and oxygen atoms in total. The highest BCUT2D eigenvalue weighted by molar-refractivity contribution is 9.10. The average molecular weight is 858 g/mol. The van der Waals surface area contributed by atoms with Gasteiger partial charge in [-0.25, -0.2) is 4.98 Å². The molecule has 2 aliphatic heterocycles. The van der Waals surface area contributed by atoms with Gasteiger partial charge in [-0.1, -0.05) is 66.0 Å². The van der Waals surface area contributed by atoms with Crippen LogP contribution in [0.25, 0.3) is 22.4 Å². The van der Waals surface area contributed by atoms with E-state index in [0.29, 0.717) is 85.5 Å². The summed E-state index contributed by atoms with van der Waals surface area (Å²) in [6.07, 6.45) is 5.40. The largest absolute Gasteiger partial charge is 0.480 e. The fraction of sp³-hybridized carbons (Fsp3) is 0.268. The minimum absolute atomic E-state index is 0.0633. The second-order valence-electron chi connectivity index (χ2n) is 13.2. The number of aliphatic carboxylic acids is 1. The first-order chi connectivity index (χ1) is 27.2. The van der Waals surface area contributed by atoms with Gasteiger partial charge >= 0.3 is 5.97 Å². The third kappa shape index (κ3) is 8.59. The Kier molecular flexibility index (Phi) is 12.3. The number of amidine groups is 1. The molecule has 2 aliphatic rings. The normalized spacial score (nSPS) is 15.4. The first-order valence-electron chi connectivity index (χ1n) is 17.9. The molecule has 0 aliphatic carbocycles. The molecule has 5 aromatic rings. The van der Waals surface area contributed by atoms with Gasteiger partial charge in [-0.15, -0.1) is 0 Å². The quantitative estimate of drug-likeness (QED) is 0.118. The molecule has 5 heterocycles. The molecule has 2 aromatic carbocycles. The summed E-state index contributed by atoms with van der Waals surface area (Å²) < 4.78 is 18.7. The first kappa shape index (κ1) is 39.0. The number of likely N-dealkylation sites (tertiary alicyclic amines) is 1. The number of ether oxygens (including phenoxy) is 3. The van der Waals surface area contributed by atoms with Crippen LogP contribution in [-0.2, 0) is 24.6 Å². The Morgan fingerprint density at radius 2 is 1.73 bits per heavy atom. The molecule has 0 radical (unpaired) electrons. The van der Waals surface area contributed by atoms with Crippen molar-refractivity contribution in [2.45, 2.75) is 45.1 Å². The van der Waals surface area contributed by atoms with E-state index in [-0.39, 0.29) is 25.0 Å². The number of nitrogens with zero attached hydrogens (tertiary/aromatic N) is 6. The highest BCUT2D eigenvalue weighted by atomic mass is 79.9. The lowest BCUT2D eigenvalue weighted by atomic mass is 9.99. The smallest absolute Gasteiger partial charge is 0.320 e. The van der Waals surface area contributed by atoms with E-state index >= 15 is 0 Å². The number of aliphatic imine (C=N–C) groups is 1. The number of hydrogen-bond donors (Lipinski definition) is 2. The summed E-state index contributed by atoms with van der Waals surface area (Å²) in [6, 6.07) is 20.2. The molecule has 0 spiro atoms. The molecular formula is C41H36BrCl2N7O5. The standard InChI is InChI=1S/C41H36BrCl2N7O5/c1-54-39-31(37-47-13-14-48-37)11-12-33(49-39)30-9-5-8-29(36(30)44)28-7-4-6-26(35(28)43)23-56-40-32(42)17-27(21-51-15-3-2-10-34(51)41(52)53)38(50-40)55-22-25-16-24(18-45)19-46-20-25/h4-9,11-12,16-17,19-20,34H,2-3,10,13-15,21-23H2,1H3,(H,47,48)(H,52,53)/t34-/m0/s1. The van der Waals surface area contributed by atoms with Crippen molar-refractivity contribution in [3.63, 3.8) is 0 Å². The van der Waals surface area contributed by atoms with E-state index in [1.165, 1.54) is 6.20 Å². The number of nitrogens with one attached hydrogen (secondary N) is 1. The van der Waals surface area contributed by atoms with Gasteiger partial charge in [-0.05, 0) is 59.6 Å². The van der Waals surface area contributed by atoms with E-state index in [1.54, 1.807) is 19.4 Å². The van der Waals surface area contributed by atoms with E-state index in [2.05, 4.69) is 37.3 Å². The van der Waals surface area contributed by atoms with E-state index in [0.717, 1.165) is 36.3 Å². The van der Waals surface area contributed by atoms with E-state index in [9.17, 15) is 15.2 Å². The summed E-state index contributed by atoms with van der Waals surface area (Å²) in [5, 5.41) is 23.4. The van der Waals surface area contributed by atoms with Crippen LogP contribution in [0, 0.1) is 11.3 Å². The van der Waals surface area contributed by atoms with Crippen LogP contribution in [0.5, 0.6) is 17.6 Å². The predicted molar refractivity (Wildman–Crippen MR) is 216 cm³/mol. The Morgan fingerprint density at radius 3 is 2.50 bits per heavy atom. The Bertz CT molecular complexity index is 2350. The van der Waals surface area contributed by atoms with Crippen molar-refractivity contribution in [1.29, 1.82) is 5.26 Å². The second-order valence-corrected chi connectivity index (χ2v) is 14.8.